The van der Waals surface area contributed by atoms with Gasteiger partial charge >= 0.3 is 0 Å². The van der Waals surface area contributed by atoms with E-state index in [2.05, 4.69) is 5.32 Å². The number of nitrogens with one attached hydrogen (secondary N) is 1. The van der Waals surface area contributed by atoms with Crippen LogP contribution < -0.4 is 5.32 Å². The van der Waals surface area contributed by atoms with E-state index in [1.54, 1.807) is 0 Å². The number of amides is 1. The van der Waals surface area contributed by atoms with Crippen molar-refractivity contribution >= 4 is 5.91 Å². The van der Waals surface area contributed by atoms with Crippen LogP contribution in [0.2, 0.25) is 0 Å². The molecule has 1 fully saturated rings. The largest absolute Gasteiger partial charge is 0.394 e. The molecular weight excluding hydrogens is 282 g/mol. The van der Waals surface area contributed by atoms with Gasteiger partial charge in [0.25, 0.3) is 0 Å². The molecule has 0 aliphatic carbocycles. The molecular formula is C17H25NO4. The van der Waals surface area contributed by atoms with Gasteiger partial charge in [-0.05, 0) is 25.8 Å². The van der Waals surface area contributed by atoms with E-state index < -0.39 is 5.41 Å². The normalized spacial score (nSPS) is 22.3. The third-order valence-electron chi connectivity index (χ3n) is 4.11. The maximum atomic E-state index is 12.7. The van der Waals surface area contributed by atoms with Gasteiger partial charge in [0.15, 0.2) is 0 Å². The Bertz CT molecular complexity index is 475. The summed E-state index contributed by atoms with van der Waals surface area (Å²) in [6.45, 7) is 5.10. The van der Waals surface area contributed by atoms with Crippen molar-refractivity contribution < 1.29 is 19.4 Å². The lowest BCUT2D eigenvalue weighted by Gasteiger charge is -2.34. The van der Waals surface area contributed by atoms with E-state index in [1.807, 2.05) is 44.2 Å². The third kappa shape index (κ3) is 4.06. The highest BCUT2D eigenvalue weighted by Gasteiger charge is 2.34. The van der Waals surface area contributed by atoms with E-state index in [-0.39, 0.29) is 31.3 Å². The Labute approximate surface area is 131 Å². The molecule has 2 atom stereocenters. The zero-order valence-corrected chi connectivity index (χ0v) is 13.2. The highest BCUT2D eigenvalue weighted by molar-refractivity contribution is 5.87. The first kappa shape index (κ1) is 16.9. The van der Waals surface area contributed by atoms with Crippen LogP contribution in [0.25, 0.3) is 0 Å². The van der Waals surface area contributed by atoms with Crippen molar-refractivity contribution in [2.75, 3.05) is 26.4 Å². The van der Waals surface area contributed by atoms with Crippen LogP contribution >= 0.6 is 0 Å². The topological polar surface area (TPSA) is 67.8 Å². The van der Waals surface area contributed by atoms with E-state index >= 15 is 0 Å². The van der Waals surface area contributed by atoms with Crippen LogP contribution in [0.3, 0.4) is 0 Å². The lowest BCUT2D eigenvalue weighted by Crippen LogP contribution is -2.54. The number of benzene rings is 1. The third-order valence-corrected chi connectivity index (χ3v) is 4.11. The van der Waals surface area contributed by atoms with Gasteiger partial charge in [-0.25, -0.2) is 0 Å². The van der Waals surface area contributed by atoms with Crippen molar-refractivity contribution in [1.29, 1.82) is 0 Å². The predicted molar refractivity (Wildman–Crippen MR) is 83.7 cm³/mol. The molecule has 1 aliphatic heterocycles. The molecule has 0 spiro atoms. The number of aliphatic hydroxyl groups excluding tert-OH is 1. The molecule has 1 aromatic carbocycles. The molecule has 1 amide bonds. The van der Waals surface area contributed by atoms with Crippen LogP contribution in [-0.2, 0) is 19.7 Å². The van der Waals surface area contributed by atoms with Gasteiger partial charge in [0, 0.05) is 6.61 Å². The molecule has 1 aliphatic rings. The predicted octanol–water partition coefficient (Wildman–Crippen LogP) is 1.25. The first-order valence-corrected chi connectivity index (χ1v) is 7.72. The molecule has 1 saturated heterocycles. The average Bonchev–Trinajstić information content (AvgIpc) is 2.54. The fraction of sp³-hybridized carbons (Fsp3) is 0.588. The van der Waals surface area contributed by atoms with Crippen molar-refractivity contribution in [3.63, 3.8) is 0 Å². The Kier molecular flexibility index (Phi) is 5.94. The molecule has 5 heteroatoms. The maximum Gasteiger partial charge on any atom is 0.230 e. The minimum Gasteiger partial charge on any atom is -0.394 e. The van der Waals surface area contributed by atoms with Crippen molar-refractivity contribution in [2.45, 2.75) is 37.8 Å². The number of carbonyl (C=O) groups excluding carboxylic acids is 1. The minimum absolute atomic E-state index is 0.0248. The number of ether oxygens (including phenoxy) is 2. The van der Waals surface area contributed by atoms with Crippen molar-refractivity contribution in [3.8, 4) is 0 Å². The van der Waals surface area contributed by atoms with E-state index in [0.717, 1.165) is 5.56 Å². The van der Waals surface area contributed by atoms with Crippen molar-refractivity contribution in [2.24, 2.45) is 0 Å². The van der Waals surface area contributed by atoms with Crippen LogP contribution in [0.4, 0.5) is 0 Å². The number of aliphatic hydroxyl groups is 1. The molecule has 1 aromatic rings. The summed E-state index contributed by atoms with van der Waals surface area (Å²) >= 11 is 0. The van der Waals surface area contributed by atoms with Gasteiger partial charge in [-0.2, -0.15) is 0 Å². The summed E-state index contributed by atoms with van der Waals surface area (Å²) in [5.74, 6) is -0.0248. The summed E-state index contributed by atoms with van der Waals surface area (Å²) < 4.78 is 11.0. The Morgan fingerprint density at radius 3 is 2.82 bits per heavy atom. The minimum atomic E-state index is -0.610. The molecule has 0 aromatic heterocycles. The summed E-state index contributed by atoms with van der Waals surface area (Å²) in [6.07, 6.45) is 0.503. The summed E-state index contributed by atoms with van der Waals surface area (Å²) in [4.78, 5) is 12.7. The molecule has 2 N–H and O–H groups in total. The second kappa shape index (κ2) is 7.72. The van der Waals surface area contributed by atoms with Gasteiger partial charge in [0.1, 0.15) is 6.10 Å². The Balaban J connectivity index is 2.02. The van der Waals surface area contributed by atoms with Gasteiger partial charge in [-0.1, -0.05) is 30.3 Å². The van der Waals surface area contributed by atoms with E-state index in [0.29, 0.717) is 19.6 Å². The van der Waals surface area contributed by atoms with Gasteiger partial charge in [0.05, 0.1) is 31.3 Å². The highest BCUT2D eigenvalue weighted by atomic mass is 16.5. The van der Waals surface area contributed by atoms with Gasteiger partial charge in [0.2, 0.25) is 5.91 Å². The SMILES string of the molecule is CC(C)(C(=O)N[C@@H]1CCOC[C@H]1OCCO)c1ccccc1. The van der Waals surface area contributed by atoms with Gasteiger partial charge in [-0.3, -0.25) is 4.79 Å². The zero-order valence-electron chi connectivity index (χ0n) is 13.2. The Hall–Kier alpha value is -1.43. The lowest BCUT2D eigenvalue weighted by molar-refractivity contribution is -0.131. The van der Waals surface area contributed by atoms with Crippen LogP contribution in [0.1, 0.15) is 25.8 Å². The molecule has 0 saturated carbocycles. The molecule has 0 bridgehead atoms. The smallest absolute Gasteiger partial charge is 0.230 e. The first-order valence-electron chi connectivity index (χ1n) is 7.72. The van der Waals surface area contributed by atoms with Crippen molar-refractivity contribution in [3.05, 3.63) is 35.9 Å². The van der Waals surface area contributed by atoms with Crippen LogP contribution in [0, 0.1) is 0 Å². The summed E-state index contributed by atoms with van der Waals surface area (Å²) in [5.41, 5.74) is 0.369. The quantitative estimate of drug-likeness (QED) is 0.830. The van der Waals surface area contributed by atoms with E-state index in [4.69, 9.17) is 14.6 Å². The molecule has 22 heavy (non-hydrogen) atoms. The number of hydrogen-bond acceptors (Lipinski definition) is 4. The van der Waals surface area contributed by atoms with Crippen molar-refractivity contribution in [1.82, 2.24) is 5.32 Å². The molecule has 122 valence electrons. The monoisotopic (exact) mass is 307 g/mol. The number of hydrogen-bond donors (Lipinski definition) is 2. The lowest BCUT2D eigenvalue weighted by atomic mass is 9.83. The summed E-state index contributed by atoms with van der Waals surface area (Å²) in [5, 5.41) is 12.0. The summed E-state index contributed by atoms with van der Waals surface area (Å²) in [7, 11) is 0. The van der Waals surface area contributed by atoms with E-state index in [1.165, 1.54) is 0 Å². The standard InChI is InChI=1S/C17H25NO4/c1-17(2,13-6-4-3-5-7-13)16(20)18-14-8-10-21-12-15(14)22-11-9-19/h3-7,14-15,19H,8-12H2,1-2H3,(H,18,20)/t14-,15-/m1/s1. The van der Waals surface area contributed by atoms with Gasteiger partial charge in [-0.15, -0.1) is 0 Å². The molecule has 2 rings (SSSR count). The fourth-order valence-corrected chi connectivity index (χ4v) is 2.58. The highest BCUT2D eigenvalue weighted by Crippen LogP contribution is 2.24. The van der Waals surface area contributed by atoms with Gasteiger partial charge < -0.3 is 19.9 Å². The second-order valence-corrected chi connectivity index (χ2v) is 6.07. The molecule has 0 unspecified atom stereocenters. The molecule has 5 nitrogen and oxygen atoms in total. The fourth-order valence-electron chi connectivity index (χ4n) is 2.58. The summed E-state index contributed by atoms with van der Waals surface area (Å²) in [6, 6.07) is 9.65. The maximum absolute atomic E-state index is 12.7. The molecule has 1 heterocycles. The molecule has 0 radical (unpaired) electrons. The number of carbonyl (C=O) groups is 1. The second-order valence-electron chi connectivity index (χ2n) is 6.07. The van der Waals surface area contributed by atoms with Crippen LogP contribution in [-0.4, -0.2) is 49.6 Å². The zero-order chi connectivity index (χ0) is 16.0. The van der Waals surface area contributed by atoms with Crippen LogP contribution in [0.5, 0.6) is 0 Å². The number of rotatable bonds is 6. The van der Waals surface area contributed by atoms with E-state index in [9.17, 15) is 4.79 Å². The average molecular weight is 307 g/mol. The van der Waals surface area contributed by atoms with Crippen LogP contribution in [0.15, 0.2) is 30.3 Å². The Morgan fingerprint density at radius 1 is 1.41 bits per heavy atom. The Morgan fingerprint density at radius 2 is 2.14 bits per heavy atom. The first-order chi connectivity index (χ1) is 10.6.